The van der Waals surface area contributed by atoms with Crippen LogP contribution in [0.15, 0.2) is 29.4 Å². The van der Waals surface area contributed by atoms with E-state index in [1.165, 1.54) is 35.4 Å². The molecule has 1 aromatic rings. The van der Waals surface area contributed by atoms with Gasteiger partial charge >= 0.3 is 11.8 Å². The minimum atomic E-state index is -1.27. The molecule has 112 valence electrons. The Morgan fingerprint density at radius 1 is 1.19 bits per heavy atom. The monoisotopic (exact) mass is 290 g/mol. The van der Waals surface area contributed by atoms with Gasteiger partial charge in [-0.1, -0.05) is 24.3 Å². The predicted molar refractivity (Wildman–Crippen MR) is 74.4 cm³/mol. The molecule has 0 atom stereocenters. The minimum Gasteiger partial charge on any atom is -0.545 e. The standard InChI is InChI=1S/C14H17N3O4/c1-3-17(4-2)13(19)12(18)16-15-9-10-5-7-11(8-6-10)14(20)21/h5-9H,3-4H2,1-2H3,(H,16,18)(H,20,21)/p-1. The van der Waals surface area contributed by atoms with Gasteiger partial charge in [0, 0.05) is 13.1 Å². The largest absolute Gasteiger partial charge is 0.545 e. The molecule has 1 aromatic carbocycles. The summed E-state index contributed by atoms with van der Waals surface area (Å²) in [6.07, 6.45) is 1.31. The number of nitrogens with one attached hydrogen (secondary N) is 1. The first kappa shape index (κ1) is 16.4. The van der Waals surface area contributed by atoms with Crippen molar-refractivity contribution in [1.82, 2.24) is 10.3 Å². The minimum absolute atomic E-state index is 0.0490. The van der Waals surface area contributed by atoms with Gasteiger partial charge in [0.2, 0.25) is 0 Å². The molecule has 0 aromatic heterocycles. The third-order valence-electron chi connectivity index (χ3n) is 2.77. The normalized spacial score (nSPS) is 10.4. The van der Waals surface area contributed by atoms with Crippen LogP contribution in [0.1, 0.15) is 29.8 Å². The van der Waals surface area contributed by atoms with E-state index in [0.717, 1.165) is 0 Å². The lowest BCUT2D eigenvalue weighted by Gasteiger charge is -2.16. The van der Waals surface area contributed by atoms with Crippen molar-refractivity contribution in [2.24, 2.45) is 5.10 Å². The van der Waals surface area contributed by atoms with Gasteiger partial charge in [-0.2, -0.15) is 5.10 Å². The Hall–Kier alpha value is -2.70. The first-order valence-corrected chi connectivity index (χ1v) is 6.43. The van der Waals surface area contributed by atoms with E-state index in [9.17, 15) is 19.5 Å². The van der Waals surface area contributed by atoms with Crippen molar-refractivity contribution >= 4 is 24.0 Å². The van der Waals surface area contributed by atoms with Gasteiger partial charge in [0.1, 0.15) is 0 Å². The molecule has 0 radical (unpaired) electrons. The quantitative estimate of drug-likeness (QED) is 0.443. The smallest absolute Gasteiger partial charge is 0.329 e. The zero-order valence-electron chi connectivity index (χ0n) is 11.8. The first-order valence-electron chi connectivity index (χ1n) is 6.43. The topological polar surface area (TPSA) is 102 Å². The summed E-state index contributed by atoms with van der Waals surface area (Å²) in [5.41, 5.74) is 2.76. The van der Waals surface area contributed by atoms with Crippen molar-refractivity contribution in [3.8, 4) is 0 Å². The van der Waals surface area contributed by atoms with E-state index in [2.05, 4.69) is 10.5 Å². The van der Waals surface area contributed by atoms with Crippen LogP contribution >= 0.6 is 0 Å². The molecule has 0 bridgehead atoms. The molecule has 0 saturated heterocycles. The molecule has 1 N–H and O–H groups in total. The molecule has 1 rings (SSSR count). The third-order valence-corrected chi connectivity index (χ3v) is 2.77. The highest BCUT2D eigenvalue weighted by Gasteiger charge is 2.18. The maximum Gasteiger partial charge on any atom is 0.329 e. The summed E-state index contributed by atoms with van der Waals surface area (Å²) < 4.78 is 0. The zero-order valence-corrected chi connectivity index (χ0v) is 11.8. The molecule has 7 heteroatoms. The van der Waals surface area contributed by atoms with Crippen LogP contribution in [0.2, 0.25) is 0 Å². The van der Waals surface area contributed by atoms with Crippen LogP contribution in [-0.2, 0) is 9.59 Å². The summed E-state index contributed by atoms with van der Waals surface area (Å²) >= 11 is 0. The summed E-state index contributed by atoms with van der Waals surface area (Å²) in [4.78, 5) is 35.1. The van der Waals surface area contributed by atoms with Gasteiger partial charge in [0.05, 0.1) is 12.2 Å². The molecule has 21 heavy (non-hydrogen) atoms. The lowest BCUT2D eigenvalue weighted by atomic mass is 10.1. The van der Waals surface area contributed by atoms with E-state index in [1.807, 2.05) is 0 Å². The number of nitrogens with zero attached hydrogens (tertiary/aromatic N) is 2. The summed E-state index contributed by atoms with van der Waals surface area (Å²) in [6, 6.07) is 5.74. The Balaban J connectivity index is 2.59. The molecule has 0 aliphatic carbocycles. The average Bonchev–Trinajstić information content (AvgIpc) is 2.48. The molecule has 2 amide bonds. The van der Waals surface area contributed by atoms with Crippen molar-refractivity contribution in [2.45, 2.75) is 13.8 Å². The number of rotatable bonds is 5. The summed E-state index contributed by atoms with van der Waals surface area (Å²) in [7, 11) is 0. The highest BCUT2D eigenvalue weighted by molar-refractivity contribution is 6.34. The highest BCUT2D eigenvalue weighted by Crippen LogP contribution is 2.01. The number of aromatic carboxylic acids is 1. The Kier molecular flexibility index (Phi) is 6.06. The maximum atomic E-state index is 11.6. The summed E-state index contributed by atoms with van der Waals surface area (Å²) in [5, 5.41) is 14.2. The Morgan fingerprint density at radius 3 is 2.24 bits per heavy atom. The van der Waals surface area contributed by atoms with E-state index >= 15 is 0 Å². The molecule has 0 aliphatic heterocycles. The van der Waals surface area contributed by atoms with Gasteiger partial charge in [-0.3, -0.25) is 9.59 Å². The number of benzene rings is 1. The van der Waals surface area contributed by atoms with E-state index in [-0.39, 0.29) is 5.56 Å². The van der Waals surface area contributed by atoms with Crippen LogP contribution in [0.5, 0.6) is 0 Å². The van der Waals surface area contributed by atoms with Crippen LogP contribution in [0.3, 0.4) is 0 Å². The number of hydrazone groups is 1. The van der Waals surface area contributed by atoms with Gasteiger partial charge in [-0.05, 0) is 25.0 Å². The number of carbonyl (C=O) groups is 3. The molecular weight excluding hydrogens is 274 g/mol. The number of hydrogen-bond donors (Lipinski definition) is 1. The van der Waals surface area contributed by atoms with Crippen molar-refractivity contribution in [2.75, 3.05) is 13.1 Å². The zero-order chi connectivity index (χ0) is 15.8. The maximum absolute atomic E-state index is 11.6. The fourth-order valence-electron chi connectivity index (χ4n) is 1.57. The van der Waals surface area contributed by atoms with Gasteiger partial charge in [-0.15, -0.1) is 0 Å². The van der Waals surface area contributed by atoms with Gasteiger partial charge in [0.25, 0.3) is 0 Å². The highest BCUT2D eigenvalue weighted by atomic mass is 16.4. The van der Waals surface area contributed by atoms with E-state index in [1.54, 1.807) is 13.8 Å². The van der Waals surface area contributed by atoms with Crippen LogP contribution in [0.25, 0.3) is 0 Å². The van der Waals surface area contributed by atoms with Crippen molar-refractivity contribution in [1.29, 1.82) is 0 Å². The second kappa shape index (κ2) is 7.78. The number of amides is 2. The van der Waals surface area contributed by atoms with E-state index in [4.69, 9.17) is 0 Å². The van der Waals surface area contributed by atoms with E-state index < -0.39 is 17.8 Å². The Labute approximate surface area is 122 Å². The van der Waals surface area contributed by atoms with Gasteiger partial charge in [-0.25, -0.2) is 5.43 Å². The fraction of sp³-hybridized carbons (Fsp3) is 0.286. The molecule has 7 nitrogen and oxygen atoms in total. The number of carboxylic acid groups (broad SMARTS) is 1. The van der Waals surface area contributed by atoms with Crippen molar-refractivity contribution < 1.29 is 19.5 Å². The molecule has 0 heterocycles. The lowest BCUT2D eigenvalue weighted by Crippen LogP contribution is -2.41. The van der Waals surface area contributed by atoms with Crippen LogP contribution in [-0.4, -0.2) is 42.0 Å². The predicted octanol–water partition coefficient (Wildman–Crippen LogP) is -0.631. The molecule has 0 unspecified atom stereocenters. The fourth-order valence-corrected chi connectivity index (χ4v) is 1.57. The number of likely N-dealkylation sites (N-methyl/N-ethyl adjacent to an activating group) is 1. The molecule has 0 spiro atoms. The molecular formula is C14H16N3O4-. The second-order valence-electron chi connectivity index (χ2n) is 4.09. The Bertz CT molecular complexity index is 548. The van der Waals surface area contributed by atoms with Gasteiger partial charge in [0.15, 0.2) is 0 Å². The summed E-state index contributed by atoms with van der Waals surface area (Å²) in [6.45, 7) is 4.43. The van der Waals surface area contributed by atoms with Gasteiger partial charge < -0.3 is 14.8 Å². The van der Waals surface area contributed by atoms with Crippen molar-refractivity contribution in [3.05, 3.63) is 35.4 Å². The number of carbonyl (C=O) groups excluding carboxylic acids is 3. The molecule has 0 fully saturated rings. The summed E-state index contributed by atoms with van der Waals surface area (Å²) in [5.74, 6) is -2.73. The Morgan fingerprint density at radius 2 is 1.76 bits per heavy atom. The number of carboxylic acids is 1. The van der Waals surface area contributed by atoms with Crippen LogP contribution in [0.4, 0.5) is 0 Å². The molecule has 0 aliphatic rings. The van der Waals surface area contributed by atoms with E-state index in [0.29, 0.717) is 18.7 Å². The van der Waals surface area contributed by atoms with Crippen LogP contribution < -0.4 is 10.5 Å². The van der Waals surface area contributed by atoms with Crippen molar-refractivity contribution in [3.63, 3.8) is 0 Å². The molecule has 0 saturated carbocycles. The first-order chi connectivity index (χ1) is 9.99. The van der Waals surface area contributed by atoms with Crippen LogP contribution in [0, 0.1) is 0 Å². The SMILES string of the molecule is CCN(CC)C(=O)C(=O)NN=Cc1ccc(C(=O)[O-])cc1. The lowest BCUT2D eigenvalue weighted by molar-refractivity contribution is -0.255. The number of hydrogen-bond acceptors (Lipinski definition) is 5. The third kappa shape index (κ3) is 4.72. The second-order valence-corrected chi connectivity index (χ2v) is 4.09. The average molecular weight is 290 g/mol.